The van der Waals surface area contributed by atoms with E-state index in [1.807, 2.05) is 17.5 Å². The van der Waals surface area contributed by atoms with Crippen LogP contribution in [0.25, 0.3) is 31.8 Å². The van der Waals surface area contributed by atoms with E-state index < -0.39 is 0 Å². The molecule has 0 atom stereocenters. The van der Waals surface area contributed by atoms with Crippen molar-refractivity contribution in [2.24, 2.45) is 0 Å². The highest BCUT2D eigenvalue weighted by Gasteiger charge is 2.14. The third-order valence-corrected chi connectivity index (χ3v) is 6.10. The molecule has 0 radical (unpaired) electrons. The fraction of sp³-hybridized carbons (Fsp3) is 0.240. The van der Waals surface area contributed by atoms with Gasteiger partial charge in [0.1, 0.15) is 0 Å². The number of hydrogen-bond acceptors (Lipinski definition) is 2. The summed E-state index contributed by atoms with van der Waals surface area (Å²) in [7, 11) is 0. The average molecular weight is 372 g/mol. The monoisotopic (exact) mass is 371 g/mol. The zero-order valence-electron chi connectivity index (χ0n) is 16.6. The summed E-state index contributed by atoms with van der Waals surface area (Å²) in [6.07, 6.45) is 2.01. The number of pyridine rings is 1. The largest absolute Gasteiger partial charge is 0.256 e. The Bertz CT molecular complexity index is 1090. The summed E-state index contributed by atoms with van der Waals surface area (Å²) in [5.41, 5.74) is 7.62. The van der Waals surface area contributed by atoms with E-state index in [2.05, 4.69) is 89.2 Å². The van der Waals surface area contributed by atoms with Gasteiger partial charge in [0.15, 0.2) is 0 Å². The summed E-state index contributed by atoms with van der Waals surface area (Å²) in [6.45, 7) is 11.0. The van der Waals surface area contributed by atoms with Crippen molar-refractivity contribution in [3.05, 3.63) is 77.5 Å². The highest BCUT2D eigenvalue weighted by molar-refractivity contribution is 7.22. The number of aromatic nitrogens is 1. The zero-order valence-corrected chi connectivity index (χ0v) is 17.4. The van der Waals surface area contributed by atoms with Crippen LogP contribution in [0.5, 0.6) is 0 Å². The van der Waals surface area contributed by atoms with Crippen molar-refractivity contribution >= 4 is 21.4 Å². The van der Waals surface area contributed by atoms with Crippen molar-refractivity contribution < 1.29 is 0 Å². The van der Waals surface area contributed by atoms with E-state index in [0.29, 0.717) is 0 Å². The molecule has 0 aliphatic carbocycles. The van der Waals surface area contributed by atoms with Gasteiger partial charge in [0.2, 0.25) is 0 Å². The molecule has 2 heteroatoms. The van der Waals surface area contributed by atoms with Gasteiger partial charge >= 0.3 is 0 Å². The molecule has 0 bridgehead atoms. The molecule has 0 aliphatic heterocycles. The Labute approximate surface area is 165 Å². The van der Waals surface area contributed by atoms with Gasteiger partial charge in [-0.15, -0.1) is 11.3 Å². The van der Waals surface area contributed by atoms with Crippen molar-refractivity contribution in [2.75, 3.05) is 0 Å². The lowest BCUT2D eigenvalue weighted by molar-refractivity contribution is 0.590. The van der Waals surface area contributed by atoms with Gasteiger partial charge in [0.25, 0.3) is 0 Å². The molecule has 1 nitrogen and oxygen atoms in total. The second kappa shape index (κ2) is 6.61. The quantitative estimate of drug-likeness (QED) is 0.354. The molecule has 4 aromatic rings. The molecule has 2 heterocycles. The first-order chi connectivity index (χ1) is 12.8. The number of nitrogens with zero attached hydrogens (tertiary/aromatic N) is 1. The van der Waals surface area contributed by atoms with Crippen LogP contribution in [-0.2, 0) is 5.41 Å². The molecule has 0 N–H and O–H groups in total. The SMILES string of the molecule is Cc1cc(C)cc(-c2cc3sc(-c4ccc(C(C)(C)C)cc4)cc3cn2)c1. The highest BCUT2D eigenvalue weighted by Crippen LogP contribution is 2.36. The number of thiophene rings is 1. The van der Waals surface area contributed by atoms with E-state index in [0.717, 1.165) is 5.69 Å². The van der Waals surface area contributed by atoms with Gasteiger partial charge in [-0.25, -0.2) is 0 Å². The third kappa shape index (κ3) is 3.68. The fourth-order valence-electron chi connectivity index (χ4n) is 3.49. The van der Waals surface area contributed by atoms with Crippen LogP contribution in [0.15, 0.2) is 60.8 Å². The van der Waals surface area contributed by atoms with Crippen LogP contribution in [0.1, 0.15) is 37.5 Å². The lowest BCUT2D eigenvalue weighted by Crippen LogP contribution is -2.10. The second-order valence-electron chi connectivity index (χ2n) is 8.42. The minimum Gasteiger partial charge on any atom is -0.256 e. The smallest absolute Gasteiger partial charge is 0.0716 e. The van der Waals surface area contributed by atoms with Gasteiger partial charge in [-0.2, -0.15) is 0 Å². The first kappa shape index (κ1) is 17.9. The Kier molecular flexibility index (Phi) is 4.39. The van der Waals surface area contributed by atoms with E-state index in [4.69, 9.17) is 4.98 Å². The number of rotatable bonds is 2. The molecule has 2 aromatic heterocycles. The molecule has 0 unspecified atom stereocenters. The normalized spacial score (nSPS) is 11.9. The van der Waals surface area contributed by atoms with Gasteiger partial charge in [-0.3, -0.25) is 4.98 Å². The number of benzene rings is 2. The maximum atomic E-state index is 4.72. The Hall–Kier alpha value is -2.45. The average Bonchev–Trinajstić information content (AvgIpc) is 3.03. The molecule has 4 rings (SSSR count). The Balaban J connectivity index is 1.72. The van der Waals surface area contributed by atoms with E-state index in [-0.39, 0.29) is 5.41 Å². The minimum absolute atomic E-state index is 0.184. The summed E-state index contributed by atoms with van der Waals surface area (Å²) >= 11 is 1.84. The molecule has 2 aromatic carbocycles. The van der Waals surface area contributed by atoms with E-state index in [9.17, 15) is 0 Å². The Morgan fingerprint density at radius 2 is 1.44 bits per heavy atom. The van der Waals surface area contributed by atoms with E-state index in [1.165, 1.54) is 42.8 Å². The van der Waals surface area contributed by atoms with Crippen LogP contribution in [0, 0.1) is 13.8 Å². The molecule has 0 aliphatic rings. The summed E-state index contributed by atoms with van der Waals surface area (Å²) in [5, 5.41) is 1.21. The standard InChI is InChI=1S/C25H25NS/c1-16-10-17(2)12-19(11-16)22-14-24-20(15-26-22)13-23(27-24)18-6-8-21(9-7-18)25(3,4)5/h6-15H,1-5H3. The number of hydrogen-bond donors (Lipinski definition) is 0. The molecule has 0 saturated carbocycles. The van der Waals surface area contributed by atoms with Gasteiger partial charge in [-0.1, -0.05) is 62.2 Å². The summed E-state index contributed by atoms with van der Waals surface area (Å²) in [4.78, 5) is 6.02. The van der Waals surface area contributed by atoms with Crippen molar-refractivity contribution in [3.63, 3.8) is 0 Å². The van der Waals surface area contributed by atoms with Crippen LogP contribution in [0.3, 0.4) is 0 Å². The molecule has 0 amide bonds. The molecule has 0 saturated heterocycles. The van der Waals surface area contributed by atoms with E-state index in [1.54, 1.807) is 0 Å². The predicted molar refractivity (Wildman–Crippen MR) is 119 cm³/mol. The Morgan fingerprint density at radius 1 is 0.778 bits per heavy atom. The van der Waals surface area contributed by atoms with Crippen LogP contribution < -0.4 is 0 Å². The highest BCUT2D eigenvalue weighted by atomic mass is 32.1. The van der Waals surface area contributed by atoms with Gasteiger partial charge in [0.05, 0.1) is 5.69 Å². The molecular formula is C25H25NS. The number of fused-ring (bicyclic) bond motifs is 1. The van der Waals surface area contributed by atoms with Crippen LogP contribution in [-0.4, -0.2) is 4.98 Å². The molecule has 27 heavy (non-hydrogen) atoms. The Morgan fingerprint density at radius 3 is 2.07 bits per heavy atom. The second-order valence-corrected chi connectivity index (χ2v) is 9.51. The van der Waals surface area contributed by atoms with Crippen LogP contribution >= 0.6 is 11.3 Å². The van der Waals surface area contributed by atoms with Crippen molar-refractivity contribution in [2.45, 2.75) is 40.0 Å². The topological polar surface area (TPSA) is 12.9 Å². The van der Waals surface area contributed by atoms with E-state index >= 15 is 0 Å². The van der Waals surface area contributed by atoms with Gasteiger partial charge in [0, 0.05) is 26.7 Å². The first-order valence-electron chi connectivity index (χ1n) is 9.39. The summed E-state index contributed by atoms with van der Waals surface area (Å²) in [6, 6.07) is 20.1. The summed E-state index contributed by atoms with van der Waals surface area (Å²) in [5.74, 6) is 0. The van der Waals surface area contributed by atoms with Gasteiger partial charge in [-0.05, 0) is 54.7 Å². The van der Waals surface area contributed by atoms with Crippen LogP contribution in [0.2, 0.25) is 0 Å². The van der Waals surface area contributed by atoms with Crippen molar-refractivity contribution in [1.29, 1.82) is 0 Å². The summed E-state index contributed by atoms with van der Waals surface area (Å²) < 4.78 is 1.29. The molecular weight excluding hydrogens is 346 g/mol. The minimum atomic E-state index is 0.184. The fourth-order valence-corrected chi connectivity index (χ4v) is 4.57. The zero-order chi connectivity index (χ0) is 19.2. The maximum Gasteiger partial charge on any atom is 0.0716 e. The molecule has 136 valence electrons. The lowest BCUT2D eigenvalue weighted by Gasteiger charge is -2.18. The van der Waals surface area contributed by atoms with Crippen molar-refractivity contribution in [1.82, 2.24) is 4.98 Å². The number of aryl methyl sites for hydroxylation is 2. The molecule has 0 fully saturated rings. The molecule has 0 spiro atoms. The van der Waals surface area contributed by atoms with Crippen molar-refractivity contribution in [3.8, 4) is 21.7 Å². The predicted octanol–water partition coefficient (Wildman–Crippen LogP) is 7.54. The van der Waals surface area contributed by atoms with Gasteiger partial charge < -0.3 is 0 Å². The van der Waals surface area contributed by atoms with Crippen LogP contribution in [0.4, 0.5) is 0 Å². The lowest BCUT2D eigenvalue weighted by atomic mass is 9.86. The third-order valence-electron chi connectivity index (χ3n) is 4.95. The first-order valence-corrected chi connectivity index (χ1v) is 10.2. The maximum absolute atomic E-state index is 4.72.